The van der Waals surface area contributed by atoms with Gasteiger partial charge in [-0.25, -0.2) is 0 Å². The van der Waals surface area contributed by atoms with E-state index in [2.05, 4.69) is 30.3 Å². The van der Waals surface area contributed by atoms with Crippen LogP contribution in [0, 0.1) is 0 Å². The van der Waals surface area contributed by atoms with E-state index in [0.29, 0.717) is 13.2 Å². The van der Waals surface area contributed by atoms with Gasteiger partial charge in [-0.15, -0.1) is 0 Å². The first-order valence-electron chi connectivity index (χ1n) is 5.71. The quantitative estimate of drug-likeness (QED) is 0.630. The Morgan fingerprint density at radius 3 is 2.65 bits per heavy atom. The predicted octanol–water partition coefficient (Wildman–Crippen LogP) is 2.90. The molecule has 2 heteroatoms. The van der Waals surface area contributed by atoms with Gasteiger partial charge in [0.15, 0.2) is 0 Å². The summed E-state index contributed by atoms with van der Waals surface area (Å²) in [6.07, 6.45) is 3.50. The van der Waals surface area contributed by atoms with E-state index in [1.54, 1.807) is 6.08 Å². The Hall–Kier alpha value is -1.64. The maximum Gasteiger partial charge on any atom is 0.0721 e. The van der Waals surface area contributed by atoms with E-state index in [0.717, 1.165) is 0 Å². The summed E-state index contributed by atoms with van der Waals surface area (Å²) in [7, 11) is 0. The van der Waals surface area contributed by atoms with Crippen molar-refractivity contribution < 1.29 is 9.84 Å². The zero-order valence-corrected chi connectivity index (χ0v) is 9.67. The van der Waals surface area contributed by atoms with E-state index in [1.807, 2.05) is 18.2 Å². The number of rotatable bonds is 5. The lowest BCUT2D eigenvalue weighted by Gasteiger charge is -2.03. The molecule has 0 aliphatic heterocycles. The summed E-state index contributed by atoms with van der Waals surface area (Å²) in [5.74, 6) is 0. The van der Waals surface area contributed by atoms with Crippen molar-refractivity contribution in [3.05, 3.63) is 60.2 Å². The molecule has 88 valence electrons. The minimum Gasteiger partial charge on any atom is -0.392 e. The number of fused-ring (bicyclic) bond motifs is 1. The summed E-state index contributed by atoms with van der Waals surface area (Å²) < 4.78 is 5.47. The highest BCUT2D eigenvalue weighted by molar-refractivity contribution is 5.82. The van der Waals surface area contributed by atoms with Crippen LogP contribution in [-0.2, 0) is 11.3 Å². The molecule has 0 radical (unpaired) electrons. The van der Waals surface area contributed by atoms with Gasteiger partial charge in [0.1, 0.15) is 0 Å². The minimum absolute atomic E-state index is 0.0688. The standard InChI is InChI=1S/C15H16O2/c16-9-3-4-10-17-12-13-7-8-14-5-1-2-6-15(14)11-13/h1-8,11,16H,9-10,12H2/b4-3-. The van der Waals surface area contributed by atoms with Gasteiger partial charge in [0.05, 0.1) is 19.8 Å². The summed E-state index contributed by atoms with van der Waals surface area (Å²) >= 11 is 0. The van der Waals surface area contributed by atoms with Crippen molar-refractivity contribution in [3.63, 3.8) is 0 Å². The smallest absolute Gasteiger partial charge is 0.0721 e. The van der Waals surface area contributed by atoms with Crippen LogP contribution in [0.2, 0.25) is 0 Å². The first kappa shape index (κ1) is 11.8. The Morgan fingerprint density at radius 2 is 1.82 bits per heavy atom. The number of hydrogen-bond donors (Lipinski definition) is 1. The van der Waals surface area contributed by atoms with Crippen LogP contribution in [0.5, 0.6) is 0 Å². The summed E-state index contributed by atoms with van der Waals surface area (Å²) in [4.78, 5) is 0. The summed E-state index contributed by atoms with van der Waals surface area (Å²) in [5.41, 5.74) is 1.17. The lowest BCUT2D eigenvalue weighted by molar-refractivity contribution is 0.148. The molecule has 0 atom stereocenters. The Bertz CT molecular complexity index is 503. The molecule has 0 bridgehead atoms. The second kappa shape index (κ2) is 6.18. The highest BCUT2D eigenvalue weighted by atomic mass is 16.5. The fourth-order valence-electron chi connectivity index (χ4n) is 1.72. The van der Waals surface area contributed by atoms with Crippen LogP contribution in [0.25, 0.3) is 10.8 Å². The highest BCUT2D eigenvalue weighted by Crippen LogP contribution is 2.16. The maximum atomic E-state index is 8.56. The van der Waals surface area contributed by atoms with Crippen molar-refractivity contribution in [2.24, 2.45) is 0 Å². The Kier molecular flexibility index (Phi) is 4.30. The van der Waals surface area contributed by atoms with Crippen molar-refractivity contribution in [1.82, 2.24) is 0 Å². The SMILES string of the molecule is OC/C=C\COCc1ccc2ccccc2c1. The van der Waals surface area contributed by atoms with Crippen LogP contribution in [0.4, 0.5) is 0 Å². The van der Waals surface area contributed by atoms with Gasteiger partial charge in [-0.1, -0.05) is 48.6 Å². The van der Waals surface area contributed by atoms with Crippen LogP contribution in [0.1, 0.15) is 5.56 Å². The average Bonchev–Trinajstić information content (AvgIpc) is 2.38. The molecule has 2 nitrogen and oxygen atoms in total. The van der Waals surface area contributed by atoms with E-state index in [-0.39, 0.29) is 6.61 Å². The van der Waals surface area contributed by atoms with Gasteiger partial charge >= 0.3 is 0 Å². The van der Waals surface area contributed by atoms with E-state index in [1.165, 1.54) is 16.3 Å². The van der Waals surface area contributed by atoms with Crippen molar-refractivity contribution in [2.45, 2.75) is 6.61 Å². The van der Waals surface area contributed by atoms with E-state index < -0.39 is 0 Å². The Balaban J connectivity index is 1.97. The zero-order valence-electron chi connectivity index (χ0n) is 9.67. The molecule has 17 heavy (non-hydrogen) atoms. The molecule has 0 fully saturated rings. The third-order valence-corrected chi connectivity index (χ3v) is 2.57. The molecule has 0 aliphatic carbocycles. The van der Waals surface area contributed by atoms with Crippen LogP contribution >= 0.6 is 0 Å². The van der Waals surface area contributed by atoms with Crippen molar-refractivity contribution in [2.75, 3.05) is 13.2 Å². The number of ether oxygens (including phenoxy) is 1. The first-order valence-corrected chi connectivity index (χ1v) is 5.71. The van der Waals surface area contributed by atoms with Gasteiger partial charge in [0.25, 0.3) is 0 Å². The van der Waals surface area contributed by atoms with Gasteiger partial charge in [-0.2, -0.15) is 0 Å². The molecule has 2 rings (SSSR count). The fraction of sp³-hybridized carbons (Fsp3) is 0.200. The third kappa shape index (κ3) is 3.41. The number of hydrogen-bond acceptors (Lipinski definition) is 2. The van der Waals surface area contributed by atoms with Gasteiger partial charge in [0.2, 0.25) is 0 Å². The van der Waals surface area contributed by atoms with Crippen LogP contribution in [0.15, 0.2) is 54.6 Å². The summed E-state index contributed by atoms with van der Waals surface area (Å²) in [6.45, 7) is 1.20. The number of aliphatic hydroxyl groups excluding tert-OH is 1. The van der Waals surface area contributed by atoms with Crippen molar-refractivity contribution >= 4 is 10.8 Å². The lowest BCUT2D eigenvalue weighted by atomic mass is 10.1. The molecule has 0 aromatic heterocycles. The minimum atomic E-state index is 0.0688. The molecule has 0 heterocycles. The molecule has 0 saturated heterocycles. The van der Waals surface area contributed by atoms with Gasteiger partial charge in [-0.05, 0) is 22.4 Å². The normalized spacial score (nSPS) is 11.4. The monoisotopic (exact) mass is 228 g/mol. The fourth-order valence-corrected chi connectivity index (χ4v) is 1.72. The predicted molar refractivity (Wildman–Crippen MR) is 69.8 cm³/mol. The number of aliphatic hydroxyl groups is 1. The summed E-state index contributed by atoms with van der Waals surface area (Å²) in [6, 6.07) is 14.6. The van der Waals surface area contributed by atoms with E-state index >= 15 is 0 Å². The molecular formula is C15H16O2. The summed E-state index contributed by atoms with van der Waals surface area (Å²) in [5, 5.41) is 11.0. The van der Waals surface area contributed by atoms with E-state index in [4.69, 9.17) is 9.84 Å². The zero-order chi connectivity index (χ0) is 11.9. The largest absolute Gasteiger partial charge is 0.392 e. The maximum absolute atomic E-state index is 8.56. The van der Waals surface area contributed by atoms with Crippen molar-refractivity contribution in [3.8, 4) is 0 Å². The lowest BCUT2D eigenvalue weighted by Crippen LogP contribution is -1.93. The second-order valence-corrected chi connectivity index (χ2v) is 3.85. The van der Waals surface area contributed by atoms with E-state index in [9.17, 15) is 0 Å². The molecule has 0 aliphatic rings. The second-order valence-electron chi connectivity index (χ2n) is 3.85. The molecular weight excluding hydrogens is 212 g/mol. The molecule has 2 aromatic rings. The van der Waals surface area contributed by atoms with Gasteiger partial charge < -0.3 is 9.84 Å². The van der Waals surface area contributed by atoms with Crippen LogP contribution in [0.3, 0.4) is 0 Å². The molecule has 0 saturated carbocycles. The average molecular weight is 228 g/mol. The van der Waals surface area contributed by atoms with Crippen molar-refractivity contribution in [1.29, 1.82) is 0 Å². The highest BCUT2D eigenvalue weighted by Gasteiger charge is 1.95. The molecule has 2 aromatic carbocycles. The Labute approximate surface area is 101 Å². The molecule has 0 spiro atoms. The first-order chi connectivity index (χ1) is 8.40. The van der Waals surface area contributed by atoms with Gasteiger partial charge in [0, 0.05) is 0 Å². The molecule has 0 amide bonds. The molecule has 1 N–H and O–H groups in total. The van der Waals surface area contributed by atoms with Crippen LogP contribution < -0.4 is 0 Å². The number of benzene rings is 2. The van der Waals surface area contributed by atoms with Crippen LogP contribution in [-0.4, -0.2) is 18.3 Å². The molecule has 0 unspecified atom stereocenters. The topological polar surface area (TPSA) is 29.5 Å². The van der Waals surface area contributed by atoms with Gasteiger partial charge in [-0.3, -0.25) is 0 Å². The Morgan fingerprint density at radius 1 is 1.00 bits per heavy atom. The third-order valence-electron chi connectivity index (χ3n) is 2.57.